The predicted molar refractivity (Wildman–Crippen MR) is 132 cm³/mol. The number of hydrogen-bond acceptors (Lipinski definition) is 7. The Balaban J connectivity index is 1.97. The van der Waals surface area contributed by atoms with Crippen molar-refractivity contribution in [2.24, 2.45) is 4.99 Å². The van der Waals surface area contributed by atoms with Gasteiger partial charge in [0.05, 0.1) is 16.3 Å². The summed E-state index contributed by atoms with van der Waals surface area (Å²) in [7, 11) is 1.63. The Labute approximate surface area is 198 Å². The van der Waals surface area contributed by atoms with E-state index in [4.69, 9.17) is 5.73 Å². The minimum atomic E-state index is -2.94. The molecule has 0 radical (unpaired) electrons. The normalized spacial score (nSPS) is 11.6. The highest BCUT2D eigenvalue weighted by molar-refractivity contribution is 7.99. The molecule has 4 rings (SSSR count). The Morgan fingerprint density at radius 3 is 2.62 bits per heavy atom. The second-order valence-electron chi connectivity index (χ2n) is 7.15. The predicted octanol–water partition coefficient (Wildman–Crippen LogP) is 4.79. The summed E-state index contributed by atoms with van der Waals surface area (Å²) in [4.78, 5) is 22.4. The van der Waals surface area contributed by atoms with E-state index in [1.807, 2.05) is 13.0 Å². The van der Waals surface area contributed by atoms with Gasteiger partial charge in [-0.1, -0.05) is 19.1 Å². The molecule has 10 heteroatoms. The maximum Gasteiger partial charge on any atom is 0.387 e. The van der Waals surface area contributed by atoms with Crippen LogP contribution in [0.2, 0.25) is 0 Å². The molecule has 0 bridgehead atoms. The number of anilines is 1. The van der Waals surface area contributed by atoms with Gasteiger partial charge in [0, 0.05) is 24.5 Å². The third kappa shape index (κ3) is 4.76. The molecular formula is C24H21F2N5O2S. The van der Waals surface area contributed by atoms with Gasteiger partial charge in [-0.3, -0.25) is 9.79 Å². The molecule has 0 saturated carbocycles. The van der Waals surface area contributed by atoms with E-state index in [1.54, 1.807) is 49.7 Å². The number of ether oxygens (including phenoxy) is 1. The molecule has 0 amide bonds. The zero-order chi connectivity index (χ0) is 24.2. The van der Waals surface area contributed by atoms with E-state index >= 15 is 0 Å². The molecule has 0 spiro atoms. The first kappa shape index (κ1) is 23.4. The van der Waals surface area contributed by atoms with Crippen molar-refractivity contribution in [2.75, 3.05) is 18.5 Å². The number of rotatable bonds is 7. The van der Waals surface area contributed by atoms with E-state index in [1.165, 1.54) is 28.6 Å². The van der Waals surface area contributed by atoms with Crippen molar-refractivity contribution in [1.29, 1.82) is 0 Å². The number of pyridine rings is 1. The summed E-state index contributed by atoms with van der Waals surface area (Å²) in [5.41, 5.74) is 9.01. The number of nitrogens with zero attached hydrogens (tertiary/aromatic N) is 4. The Bertz CT molecular complexity index is 1420. The maximum absolute atomic E-state index is 13.7. The Morgan fingerprint density at radius 2 is 1.94 bits per heavy atom. The third-order valence-corrected chi connectivity index (χ3v) is 5.75. The summed E-state index contributed by atoms with van der Waals surface area (Å²) >= 11 is 1.54. The van der Waals surface area contributed by atoms with Crippen LogP contribution in [0.25, 0.3) is 27.8 Å². The minimum Gasteiger partial charge on any atom is -0.435 e. The summed E-state index contributed by atoms with van der Waals surface area (Å²) in [6.07, 6.45) is 1.60. The minimum absolute atomic E-state index is 0.00495. The number of aromatic nitrogens is 3. The zero-order valence-corrected chi connectivity index (χ0v) is 19.2. The van der Waals surface area contributed by atoms with Gasteiger partial charge in [0.25, 0.3) is 5.56 Å². The van der Waals surface area contributed by atoms with Crippen molar-refractivity contribution < 1.29 is 13.5 Å². The molecule has 4 aromatic rings. The molecule has 2 aromatic carbocycles. The largest absolute Gasteiger partial charge is 0.435 e. The van der Waals surface area contributed by atoms with Crippen LogP contribution in [0, 0.1) is 0 Å². The van der Waals surface area contributed by atoms with Crippen LogP contribution >= 0.6 is 11.8 Å². The van der Waals surface area contributed by atoms with Gasteiger partial charge in [0.1, 0.15) is 16.8 Å². The van der Waals surface area contributed by atoms with Crippen LogP contribution in [-0.2, 0) is 0 Å². The van der Waals surface area contributed by atoms with Gasteiger partial charge in [-0.05, 0) is 53.8 Å². The van der Waals surface area contributed by atoms with Gasteiger partial charge in [-0.25, -0.2) is 4.98 Å². The molecular weight excluding hydrogens is 460 g/mol. The van der Waals surface area contributed by atoms with Crippen LogP contribution in [0.1, 0.15) is 12.5 Å². The number of hydrogen-bond donors (Lipinski definition) is 1. The fourth-order valence-electron chi connectivity index (χ4n) is 3.47. The summed E-state index contributed by atoms with van der Waals surface area (Å²) in [5, 5.41) is 5.30. The molecule has 0 aliphatic rings. The van der Waals surface area contributed by atoms with Gasteiger partial charge in [0.2, 0.25) is 0 Å². The van der Waals surface area contributed by atoms with Gasteiger partial charge < -0.3 is 10.5 Å². The molecule has 0 fully saturated rings. The highest BCUT2D eigenvalue weighted by Crippen LogP contribution is 2.28. The lowest BCUT2D eigenvalue weighted by Crippen LogP contribution is -2.24. The number of alkyl halides is 2. The molecule has 2 N–H and O–H groups in total. The van der Waals surface area contributed by atoms with Crippen LogP contribution < -0.4 is 16.0 Å². The lowest BCUT2D eigenvalue weighted by atomic mass is 10.1. The fourth-order valence-corrected chi connectivity index (χ4v) is 4.09. The van der Waals surface area contributed by atoms with Crippen molar-refractivity contribution in [3.8, 4) is 22.6 Å². The summed E-state index contributed by atoms with van der Waals surface area (Å²) in [6, 6.07) is 14.6. The standard InChI is InChI=1S/C24H21F2N5O2S/c1-3-34-20-11-10-19-22(29-20)21(14-4-7-17(8-5-14)33-24(25)26)23(32)31(30-19)16-6-9-18(27)15(12-16)13-28-2/h4-13,24H,3,27H2,1-2H3. The van der Waals surface area contributed by atoms with E-state index in [9.17, 15) is 13.6 Å². The maximum atomic E-state index is 13.7. The third-order valence-electron chi connectivity index (χ3n) is 4.94. The molecule has 2 heterocycles. The first-order chi connectivity index (χ1) is 16.4. The molecule has 0 atom stereocenters. The van der Waals surface area contributed by atoms with Crippen molar-refractivity contribution in [3.05, 3.63) is 70.5 Å². The summed E-state index contributed by atoms with van der Waals surface area (Å²) < 4.78 is 30.9. The lowest BCUT2D eigenvalue weighted by Gasteiger charge is -2.13. The molecule has 0 unspecified atom stereocenters. The fraction of sp³-hybridized carbons (Fsp3) is 0.167. The first-order valence-electron chi connectivity index (χ1n) is 10.4. The monoisotopic (exact) mass is 481 g/mol. The van der Waals surface area contributed by atoms with E-state index in [2.05, 4.69) is 19.8 Å². The van der Waals surface area contributed by atoms with Crippen LogP contribution in [0.3, 0.4) is 0 Å². The van der Waals surface area contributed by atoms with Crippen LogP contribution in [-0.4, -0.2) is 40.4 Å². The van der Waals surface area contributed by atoms with Crippen LogP contribution in [0.4, 0.5) is 14.5 Å². The van der Waals surface area contributed by atoms with Gasteiger partial charge in [0.15, 0.2) is 0 Å². The van der Waals surface area contributed by atoms with Gasteiger partial charge in [-0.2, -0.15) is 18.6 Å². The molecule has 0 aliphatic carbocycles. The van der Waals surface area contributed by atoms with Crippen molar-refractivity contribution >= 4 is 34.7 Å². The Kier molecular flexibility index (Phi) is 6.87. The topological polar surface area (TPSA) is 95.4 Å². The average Bonchev–Trinajstić information content (AvgIpc) is 2.81. The number of nitrogens with two attached hydrogens (primary N) is 1. The quantitative estimate of drug-likeness (QED) is 0.232. The molecule has 174 valence electrons. The average molecular weight is 482 g/mol. The Hall–Kier alpha value is -3.79. The number of nitrogen functional groups attached to an aromatic ring is 1. The van der Waals surface area contributed by atoms with Crippen molar-refractivity contribution in [3.63, 3.8) is 0 Å². The summed E-state index contributed by atoms with van der Waals surface area (Å²) in [5.74, 6) is 0.806. The van der Waals surface area contributed by atoms with Gasteiger partial charge in [-0.15, -0.1) is 11.8 Å². The lowest BCUT2D eigenvalue weighted by molar-refractivity contribution is -0.0498. The Morgan fingerprint density at radius 1 is 1.18 bits per heavy atom. The molecule has 0 aliphatic heterocycles. The molecule has 2 aromatic heterocycles. The highest BCUT2D eigenvalue weighted by Gasteiger charge is 2.18. The smallest absolute Gasteiger partial charge is 0.387 e. The molecule has 0 saturated heterocycles. The van der Waals surface area contributed by atoms with Crippen LogP contribution in [0.5, 0.6) is 5.75 Å². The number of fused-ring (bicyclic) bond motifs is 1. The van der Waals surface area contributed by atoms with E-state index in [0.29, 0.717) is 39.1 Å². The second kappa shape index (κ2) is 10.0. The van der Waals surface area contributed by atoms with E-state index in [0.717, 1.165) is 10.8 Å². The number of aliphatic imine (C=N–C) groups is 1. The van der Waals surface area contributed by atoms with E-state index < -0.39 is 12.2 Å². The van der Waals surface area contributed by atoms with E-state index in [-0.39, 0.29) is 5.75 Å². The number of benzene rings is 2. The van der Waals surface area contributed by atoms with Crippen molar-refractivity contribution in [2.45, 2.75) is 18.6 Å². The van der Waals surface area contributed by atoms with Gasteiger partial charge >= 0.3 is 6.61 Å². The highest BCUT2D eigenvalue weighted by atomic mass is 32.2. The zero-order valence-electron chi connectivity index (χ0n) is 18.4. The van der Waals surface area contributed by atoms with Crippen LogP contribution in [0.15, 0.2) is 69.4 Å². The van der Waals surface area contributed by atoms with Crippen molar-refractivity contribution in [1.82, 2.24) is 14.8 Å². The second-order valence-corrected chi connectivity index (χ2v) is 8.43. The number of halogens is 2. The first-order valence-corrected chi connectivity index (χ1v) is 11.3. The summed E-state index contributed by atoms with van der Waals surface area (Å²) in [6.45, 7) is -0.931. The molecule has 34 heavy (non-hydrogen) atoms. The molecule has 7 nitrogen and oxygen atoms in total. The number of thioether (sulfide) groups is 1. The SMILES string of the molecule is CCSc1ccc2nn(-c3ccc(N)c(C=NC)c3)c(=O)c(-c3ccc(OC(F)F)cc3)c2n1.